The maximum atomic E-state index is 10.5. The molecule has 0 aromatic heterocycles. The molecule has 0 aliphatic heterocycles. The summed E-state index contributed by atoms with van der Waals surface area (Å²) in [7, 11) is 0. The van der Waals surface area contributed by atoms with Crippen molar-refractivity contribution < 1.29 is 9.66 Å². The lowest BCUT2D eigenvalue weighted by molar-refractivity contribution is -0.384. The van der Waals surface area contributed by atoms with Crippen molar-refractivity contribution in [3.8, 4) is 5.75 Å². The fourth-order valence-electron chi connectivity index (χ4n) is 1.60. The van der Waals surface area contributed by atoms with E-state index in [2.05, 4.69) is 15.9 Å². The number of alkyl halides is 1. The van der Waals surface area contributed by atoms with Crippen LogP contribution in [0.3, 0.4) is 0 Å². The minimum atomic E-state index is -0.413. The molecule has 0 aliphatic rings. The van der Waals surface area contributed by atoms with Gasteiger partial charge in [0.15, 0.2) is 0 Å². The highest BCUT2D eigenvalue weighted by Gasteiger charge is 2.04. The Hall–Kier alpha value is -1.88. The van der Waals surface area contributed by atoms with Gasteiger partial charge in [0.25, 0.3) is 5.69 Å². The van der Waals surface area contributed by atoms with E-state index in [4.69, 9.17) is 4.74 Å². The number of hydrogen-bond donors (Lipinski definition) is 0. The van der Waals surface area contributed by atoms with Crippen LogP contribution in [0.5, 0.6) is 5.75 Å². The average Bonchev–Trinajstić information content (AvgIpc) is 2.46. The SMILES string of the molecule is O=[N+]([O-])c1ccc(COc2cccc(CBr)c2)cc1. The summed E-state index contributed by atoms with van der Waals surface area (Å²) in [5.41, 5.74) is 2.13. The van der Waals surface area contributed by atoms with Crippen LogP contribution in [0.25, 0.3) is 0 Å². The molecule has 5 heteroatoms. The van der Waals surface area contributed by atoms with Gasteiger partial charge in [-0.2, -0.15) is 0 Å². The second kappa shape index (κ2) is 6.33. The zero-order chi connectivity index (χ0) is 13.7. The van der Waals surface area contributed by atoms with Crippen molar-refractivity contribution in [1.29, 1.82) is 0 Å². The number of nitro benzene ring substituents is 1. The topological polar surface area (TPSA) is 52.4 Å². The highest BCUT2D eigenvalue weighted by molar-refractivity contribution is 9.08. The van der Waals surface area contributed by atoms with E-state index in [-0.39, 0.29) is 5.69 Å². The van der Waals surface area contributed by atoms with E-state index in [9.17, 15) is 10.1 Å². The van der Waals surface area contributed by atoms with Crippen LogP contribution in [0.1, 0.15) is 11.1 Å². The highest BCUT2D eigenvalue weighted by Crippen LogP contribution is 2.18. The van der Waals surface area contributed by atoms with Gasteiger partial charge in [-0.3, -0.25) is 10.1 Å². The Labute approximate surface area is 119 Å². The molecule has 0 fully saturated rings. The van der Waals surface area contributed by atoms with Crippen LogP contribution in [0.4, 0.5) is 5.69 Å². The molecule has 2 aromatic rings. The zero-order valence-corrected chi connectivity index (χ0v) is 11.7. The Morgan fingerprint density at radius 2 is 1.84 bits per heavy atom. The maximum absolute atomic E-state index is 10.5. The molecule has 0 saturated carbocycles. The van der Waals surface area contributed by atoms with Crippen LogP contribution in [0.2, 0.25) is 0 Å². The molecule has 0 amide bonds. The number of ether oxygens (including phenoxy) is 1. The van der Waals surface area contributed by atoms with E-state index < -0.39 is 4.92 Å². The Bertz CT molecular complexity index is 569. The summed E-state index contributed by atoms with van der Waals surface area (Å²) in [4.78, 5) is 10.1. The molecule has 0 N–H and O–H groups in total. The summed E-state index contributed by atoms with van der Waals surface area (Å²) >= 11 is 3.39. The molecular formula is C14H12BrNO3. The van der Waals surface area contributed by atoms with Crippen molar-refractivity contribution in [2.24, 2.45) is 0 Å². The van der Waals surface area contributed by atoms with Crippen LogP contribution < -0.4 is 4.74 Å². The van der Waals surface area contributed by atoms with Gasteiger partial charge in [0.1, 0.15) is 12.4 Å². The Morgan fingerprint density at radius 3 is 2.47 bits per heavy atom. The summed E-state index contributed by atoms with van der Waals surface area (Å²) in [6.45, 7) is 0.393. The number of nitro groups is 1. The van der Waals surface area contributed by atoms with Crippen molar-refractivity contribution in [2.75, 3.05) is 0 Å². The van der Waals surface area contributed by atoms with Gasteiger partial charge in [0, 0.05) is 17.5 Å². The van der Waals surface area contributed by atoms with Crippen molar-refractivity contribution in [2.45, 2.75) is 11.9 Å². The predicted octanol–water partition coefficient (Wildman–Crippen LogP) is 4.07. The van der Waals surface area contributed by atoms with E-state index in [0.29, 0.717) is 6.61 Å². The first kappa shape index (κ1) is 13.5. The quantitative estimate of drug-likeness (QED) is 0.474. The first-order chi connectivity index (χ1) is 9.19. The van der Waals surface area contributed by atoms with Crippen molar-refractivity contribution in [3.63, 3.8) is 0 Å². The van der Waals surface area contributed by atoms with Crippen molar-refractivity contribution >= 4 is 21.6 Å². The Morgan fingerprint density at radius 1 is 1.11 bits per heavy atom. The summed E-state index contributed by atoms with van der Waals surface area (Å²) in [5, 5.41) is 11.3. The smallest absolute Gasteiger partial charge is 0.269 e. The van der Waals surface area contributed by atoms with Gasteiger partial charge in [0.2, 0.25) is 0 Å². The number of hydrogen-bond acceptors (Lipinski definition) is 3. The fourth-order valence-corrected chi connectivity index (χ4v) is 1.95. The molecule has 0 radical (unpaired) electrons. The van der Waals surface area contributed by atoms with Crippen LogP contribution in [-0.2, 0) is 11.9 Å². The highest BCUT2D eigenvalue weighted by atomic mass is 79.9. The lowest BCUT2D eigenvalue weighted by Gasteiger charge is -2.07. The second-order valence-electron chi connectivity index (χ2n) is 3.99. The van der Waals surface area contributed by atoms with Crippen LogP contribution in [0.15, 0.2) is 48.5 Å². The third kappa shape index (κ3) is 3.79. The molecule has 2 aromatic carbocycles. The van der Waals surface area contributed by atoms with Crippen LogP contribution in [-0.4, -0.2) is 4.92 Å². The van der Waals surface area contributed by atoms with Crippen molar-refractivity contribution in [1.82, 2.24) is 0 Å². The summed E-state index contributed by atoms with van der Waals surface area (Å²) in [6.07, 6.45) is 0. The minimum Gasteiger partial charge on any atom is -0.489 e. The van der Waals surface area contributed by atoms with Gasteiger partial charge in [0.05, 0.1) is 4.92 Å². The van der Waals surface area contributed by atoms with E-state index >= 15 is 0 Å². The zero-order valence-electron chi connectivity index (χ0n) is 10.1. The lowest BCUT2D eigenvalue weighted by atomic mass is 10.2. The molecule has 0 heterocycles. The van der Waals surface area contributed by atoms with Gasteiger partial charge < -0.3 is 4.74 Å². The molecule has 0 spiro atoms. The normalized spacial score (nSPS) is 10.2. The minimum absolute atomic E-state index is 0.0880. The van der Waals surface area contributed by atoms with Gasteiger partial charge in [-0.05, 0) is 35.4 Å². The average molecular weight is 322 g/mol. The van der Waals surface area contributed by atoms with Crippen LogP contribution >= 0.6 is 15.9 Å². The monoisotopic (exact) mass is 321 g/mol. The molecule has 0 atom stereocenters. The lowest BCUT2D eigenvalue weighted by Crippen LogP contribution is -1.96. The molecule has 19 heavy (non-hydrogen) atoms. The van der Waals surface area contributed by atoms with Gasteiger partial charge in [-0.1, -0.05) is 28.1 Å². The molecule has 2 rings (SSSR count). The number of rotatable bonds is 5. The maximum Gasteiger partial charge on any atom is 0.269 e. The summed E-state index contributed by atoms with van der Waals surface area (Å²) in [5.74, 6) is 0.787. The molecular weight excluding hydrogens is 310 g/mol. The number of halogens is 1. The third-order valence-corrected chi connectivity index (χ3v) is 3.25. The van der Waals surface area contributed by atoms with Crippen LogP contribution in [0, 0.1) is 10.1 Å². The van der Waals surface area contributed by atoms with Crippen molar-refractivity contribution in [3.05, 3.63) is 69.8 Å². The molecule has 0 bridgehead atoms. The predicted molar refractivity (Wildman–Crippen MR) is 76.5 cm³/mol. The van der Waals surface area contributed by atoms with Gasteiger partial charge >= 0.3 is 0 Å². The molecule has 4 nitrogen and oxygen atoms in total. The molecule has 0 saturated heterocycles. The second-order valence-corrected chi connectivity index (χ2v) is 4.55. The number of benzene rings is 2. The Balaban J connectivity index is 1.99. The first-order valence-corrected chi connectivity index (χ1v) is 6.82. The first-order valence-electron chi connectivity index (χ1n) is 5.70. The third-order valence-electron chi connectivity index (χ3n) is 2.61. The van der Waals surface area contributed by atoms with E-state index in [1.807, 2.05) is 24.3 Å². The number of nitrogens with zero attached hydrogens (tertiary/aromatic N) is 1. The molecule has 0 aliphatic carbocycles. The summed E-state index contributed by atoms with van der Waals surface area (Å²) < 4.78 is 5.64. The van der Waals surface area contributed by atoms with Gasteiger partial charge in [-0.15, -0.1) is 0 Å². The van der Waals surface area contributed by atoms with E-state index in [0.717, 1.165) is 22.2 Å². The molecule has 98 valence electrons. The largest absolute Gasteiger partial charge is 0.489 e. The van der Waals surface area contributed by atoms with E-state index in [1.165, 1.54) is 12.1 Å². The van der Waals surface area contributed by atoms with E-state index in [1.54, 1.807) is 12.1 Å². The molecule has 0 unspecified atom stereocenters. The standard InChI is InChI=1S/C14H12BrNO3/c15-9-12-2-1-3-14(8-12)19-10-11-4-6-13(7-5-11)16(17)18/h1-8H,9-10H2. The number of non-ortho nitro benzene ring substituents is 1. The summed E-state index contributed by atoms with van der Waals surface area (Å²) in [6, 6.07) is 14.1. The Kier molecular flexibility index (Phi) is 4.52. The van der Waals surface area contributed by atoms with Gasteiger partial charge in [-0.25, -0.2) is 0 Å². The fraction of sp³-hybridized carbons (Fsp3) is 0.143.